The normalized spacial score (nSPS) is 11.7. The molecule has 3 N–H and O–H groups in total. The molecule has 5 nitrogen and oxygen atoms in total. The van der Waals surface area contributed by atoms with Gasteiger partial charge in [0.25, 0.3) is 5.92 Å². The first-order valence-corrected chi connectivity index (χ1v) is 7.00. The van der Waals surface area contributed by atoms with Crippen molar-refractivity contribution in [1.82, 2.24) is 9.97 Å². The van der Waals surface area contributed by atoms with Gasteiger partial charge in [-0.1, -0.05) is 38.1 Å². The molecule has 7 heteroatoms. The molecule has 0 saturated carbocycles. The number of hydrogen-bond acceptors (Lipinski definition) is 4. The largest absolute Gasteiger partial charge is 0.477 e. The van der Waals surface area contributed by atoms with E-state index >= 15 is 0 Å². The summed E-state index contributed by atoms with van der Waals surface area (Å²) in [7, 11) is 0. The van der Waals surface area contributed by atoms with E-state index in [2.05, 4.69) is 9.97 Å². The first kappa shape index (κ1) is 16.8. The summed E-state index contributed by atoms with van der Waals surface area (Å²) in [6, 6.07) is 5.57. The first-order chi connectivity index (χ1) is 10.6. The molecule has 0 saturated heterocycles. The van der Waals surface area contributed by atoms with Crippen molar-refractivity contribution in [3.8, 4) is 11.4 Å². The van der Waals surface area contributed by atoms with E-state index in [9.17, 15) is 13.6 Å². The lowest BCUT2D eigenvalue weighted by Crippen LogP contribution is -2.20. The minimum atomic E-state index is -2.93. The van der Waals surface area contributed by atoms with Gasteiger partial charge in [-0.05, 0) is 6.92 Å². The Morgan fingerprint density at radius 1 is 1.22 bits per heavy atom. The number of hydrogen-bond donors (Lipinski definition) is 2. The van der Waals surface area contributed by atoms with E-state index in [1.54, 1.807) is 0 Å². The highest BCUT2D eigenvalue weighted by Crippen LogP contribution is 2.36. The van der Waals surface area contributed by atoms with Crippen LogP contribution in [0.2, 0.25) is 0 Å². The van der Waals surface area contributed by atoms with Crippen molar-refractivity contribution >= 4 is 11.8 Å². The van der Waals surface area contributed by atoms with Gasteiger partial charge in [0.15, 0.2) is 5.82 Å². The summed E-state index contributed by atoms with van der Waals surface area (Å²) in [5, 5.41) is 9.04. The number of aryl methyl sites for hydroxylation is 1. The van der Waals surface area contributed by atoms with Gasteiger partial charge >= 0.3 is 5.97 Å². The van der Waals surface area contributed by atoms with Crippen molar-refractivity contribution in [1.29, 1.82) is 0 Å². The zero-order valence-corrected chi connectivity index (χ0v) is 13.0. The zero-order chi connectivity index (χ0) is 17.4. The van der Waals surface area contributed by atoms with E-state index in [1.807, 2.05) is 0 Å². The van der Waals surface area contributed by atoms with Crippen LogP contribution in [0.15, 0.2) is 24.3 Å². The molecule has 0 fully saturated rings. The Morgan fingerprint density at radius 2 is 1.78 bits per heavy atom. The molecule has 0 aliphatic heterocycles. The highest BCUT2D eigenvalue weighted by atomic mass is 19.3. The van der Waals surface area contributed by atoms with E-state index in [4.69, 9.17) is 10.8 Å². The fourth-order valence-electron chi connectivity index (χ4n) is 2.16. The van der Waals surface area contributed by atoms with Gasteiger partial charge < -0.3 is 10.8 Å². The molecule has 1 aromatic carbocycles. The summed E-state index contributed by atoms with van der Waals surface area (Å²) in [4.78, 5) is 19.1. The number of halogens is 2. The van der Waals surface area contributed by atoms with E-state index in [0.717, 1.165) is 0 Å². The van der Waals surface area contributed by atoms with Crippen LogP contribution in [0.25, 0.3) is 11.4 Å². The zero-order valence-electron chi connectivity index (χ0n) is 13.0. The van der Waals surface area contributed by atoms with Gasteiger partial charge in [0.1, 0.15) is 11.4 Å². The number of benzene rings is 1. The fourth-order valence-corrected chi connectivity index (χ4v) is 2.16. The van der Waals surface area contributed by atoms with Gasteiger partial charge in [-0.2, -0.15) is 0 Å². The summed E-state index contributed by atoms with van der Waals surface area (Å²) in [6.07, 6.45) is 0. The quantitative estimate of drug-likeness (QED) is 0.900. The van der Waals surface area contributed by atoms with Gasteiger partial charge in [0.2, 0.25) is 0 Å². The molecule has 2 aromatic rings. The number of nitrogens with two attached hydrogens (primary N) is 1. The van der Waals surface area contributed by atoms with Crippen LogP contribution in [-0.4, -0.2) is 21.0 Å². The van der Waals surface area contributed by atoms with Crippen molar-refractivity contribution in [2.45, 2.75) is 26.7 Å². The Morgan fingerprint density at radius 3 is 2.22 bits per heavy atom. The van der Waals surface area contributed by atoms with Gasteiger partial charge in [0, 0.05) is 17.0 Å². The Hall–Kier alpha value is -2.57. The molecule has 0 bridgehead atoms. The van der Waals surface area contributed by atoms with E-state index in [1.165, 1.54) is 45.0 Å². The Labute approximate surface area is 132 Å². The molecule has 0 radical (unpaired) electrons. The molecule has 122 valence electrons. The Kier molecular flexibility index (Phi) is 4.31. The topological polar surface area (TPSA) is 89.1 Å². The standard InChI is InChI=1S/C16H17F2N3O2/c1-8(2)16(17,18)11-6-4-10(5-7-11)14-20-9(3)12(15(22)23)13(19)21-14/h4-8H,1-3H3,(H,22,23)(H2,19,20,21). The second kappa shape index (κ2) is 5.91. The van der Waals surface area contributed by atoms with Crippen LogP contribution in [0.3, 0.4) is 0 Å². The number of carbonyl (C=O) groups is 1. The number of carboxylic acid groups (broad SMARTS) is 1. The highest BCUT2D eigenvalue weighted by Gasteiger charge is 2.35. The van der Waals surface area contributed by atoms with E-state index in [0.29, 0.717) is 5.56 Å². The molecule has 0 unspecified atom stereocenters. The second-order valence-corrected chi connectivity index (χ2v) is 5.55. The number of nitrogens with zero attached hydrogens (tertiary/aromatic N) is 2. The summed E-state index contributed by atoms with van der Waals surface area (Å²) in [5.41, 5.74) is 6.10. The van der Waals surface area contributed by atoms with Crippen molar-refractivity contribution in [2.75, 3.05) is 5.73 Å². The molecule has 2 rings (SSSR count). The molecular weight excluding hydrogens is 304 g/mol. The molecule has 0 atom stereocenters. The third kappa shape index (κ3) is 3.13. The number of rotatable bonds is 4. The fraction of sp³-hybridized carbons (Fsp3) is 0.312. The van der Waals surface area contributed by atoms with Crippen molar-refractivity contribution in [3.05, 3.63) is 41.1 Å². The number of nitrogen functional groups attached to an aromatic ring is 1. The average molecular weight is 321 g/mol. The Balaban J connectivity index is 2.43. The van der Waals surface area contributed by atoms with Crippen molar-refractivity contribution in [2.24, 2.45) is 5.92 Å². The lowest BCUT2D eigenvalue weighted by Gasteiger charge is -2.20. The van der Waals surface area contributed by atoms with Crippen molar-refractivity contribution < 1.29 is 18.7 Å². The summed E-state index contributed by atoms with van der Waals surface area (Å²) < 4.78 is 27.9. The molecule has 23 heavy (non-hydrogen) atoms. The predicted octanol–water partition coefficient (Wildman–Crippen LogP) is 3.48. The first-order valence-electron chi connectivity index (χ1n) is 7.00. The average Bonchev–Trinajstić information content (AvgIpc) is 2.46. The predicted molar refractivity (Wildman–Crippen MR) is 82.3 cm³/mol. The Bertz CT molecular complexity index is 720. The summed E-state index contributed by atoms with van der Waals surface area (Å²) in [5.74, 6) is -4.92. The molecular formula is C16H17F2N3O2. The van der Waals surface area contributed by atoms with Gasteiger partial charge in [-0.15, -0.1) is 0 Å². The van der Waals surface area contributed by atoms with Gasteiger partial charge in [0.05, 0.1) is 5.69 Å². The molecule has 0 aliphatic rings. The highest BCUT2D eigenvalue weighted by molar-refractivity contribution is 5.94. The number of aromatic carboxylic acids is 1. The SMILES string of the molecule is Cc1nc(-c2ccc(C(F)(F)C(C)C)cc2)nc(N)c1C(=O)O. The molecule has 1 heterocycles. The maximum Gasteiger partial charge on any atom is 0.341 e. The van der Waals surface area contributed by atoms with E-state index < -0.39 is 17.8 Å². The van der Waals surface area contributed by atoms with Crippen LogP contribution >= 0.6 is 0 Å². The minimum Gasteiger partial charge on any atom is -0.477 e. The maximum absolute atomic E-state index is 14.0. The van der Waals surface area contributed by atoms with Crippen LogP contribution in [0.4, 0.5) is 14.6 Å². The van der Waals surface area contributed by atoms with Crippen LogP contribution in [0.1, 0.15) is 35.5 Å². The van der Waals surface area contributed by atoms with E-state index in [-0.39, 0.29) is 28.5 Å². The lowest BCUT2D eigenvalue weighted by atomic mass is 9.97. The number of anilines is 1. The third-order valence-corrected chi connectivity index (χ3v) is 3.58. The van der Waals surface area contributed by atoms with Crippen LogP contribution < -0.4 is 5.73 Å². The monoisotopic (exact) mass is 321 g/mol. The number of carboxylic acids is 1. The lowest BCUT2D eigenvalue weighted by molar-refractivity contribution is -0.0513. The molecule has 0 aliphatic carbocycles. The van der Waals surface area contributed by atoms with Crippen LogP contribution in [0.5, 0.6) is 0 Å². The summed E-state index contributed by atoms with van der Waals surface area (Å²) in [6.45, 7) is 4.41. The molecule has 1 aromatic heterocycles. The maximum atomic E-state index is 14.0. The number of alkyl halides is 2. The van der Waals surface area contributed by atoms with Gasteiger partial charge in [-0.25, -0.2) is 23.5 Å². The molecule has 0 amide bonds. The third-order valence-electron chi connectivity index (χ3n) is 3.58. The smallest absolute Gasteiger partial charge is 0.341 e. The summed E-state index contributed by atoms with van der Waals surface area (Å²) >= 11 is 0. The second-order valence-electron chi connectivity index (χ2n) is 5.55. The van der Waals surface area contributed by atoms with Crippen LogP contribution in [0, 0.1) is 12.8 Å². The van der Waals surface area contributed by atoms with Gasteiger partial charge in [-0.3, -0.25) is 0 Å². The van der Waals surface area contributed by atoms with Crippen LogP contribution in [-0.2, 0) is 5.92 Å². The minimum absolute atomic E-state index is 0.0944. The van der Waals surface area contributed by atoms with Crippen molar-refractivity contribution in [3.63, 3.8) is 0 Å². The molecule has 0 spiro atoms. The number of aromatic nitrogens is 2.